The van der Waals surface area contributed by atoms with Crippen LogP contribution in [0, 0.1) is 5.92 Å². The van der Waals surface area contributed by atoms with Crippen LogP contribution in [-0.4, -0.2) is 41.5 Å². The lowest BCUT2D eigenvalue weighted by molar-refractivity contribution is 0.209. The van der Waals surface area contributed by atoms with Crippen LogP contribution >= 0.6 is 0 Å². The number of nitrogens with one attached hydrogen (secondary N) is 1. The minimum atomic E-state index is -0.672. The van der Waals surface area contributed by atoms with Crippen LogP contribution in [-0.2, 0) is 0 Å². The van der Waals surface area contributed by atoms with Crippen molar-refractivity contribution in [1.29, 1.82) is 0 Å². The van der Waals surface area contributed by atoms with Gasteiger partial charge in [-0.1, -0.05) is 57.2 Å². The van der Waals surface area contributed by atoms with Gasteiger partial charge >= 0.3 is 0 Å². The summed E-state index contributed by atoms with van der Waals surface area (Å²) in [7, 11) is 1.81. The summed E-state index contributed by atoms with van der Waals surface area (Å²) in [5.74, 6) is 1.25. The molecule has 4 unspecified atom stereocenters. The molecule has 1 heterocycles. The molecule has 1 fully saturated rings. The standard InChI is InChI=1S/C20H31N3O/c1-6-17-13-23(17)15(4)20(21-5)22-18(12-14(2)3)19(24)16-10-8-7-9-11-16/h7-12,14-15,17,19,24H,6,13H2,1-5H3,(H,21,22)/b18-12-. The number of aliphatic hydroxyl groups is 1. The topological polar surface area (TPSA) is 47.6 Å². The smallest absolute Gasteiger partial charge is 0.118 e. The molecule has 4 atom stereocenters. The number of hydrogen-bond acceptors (Lipinski definition) is 3. The predicted molar refractivity (Wildman–Crippen MR) is 101 cm³/mol. The highest BCUT2D eigenvalue weighted by atomic mass is 16.3. The first-order chi connectivity index (χ1) is 11.5. The molecule has 0 amide bonds. The second kappa shape index (κ2) is 8.45. The summed E-state index contributed by atoms with van der Waals surface area (Å²) in [5.41, 5.74) is 1.69. The molecular formula is C20H31N3O. The Kier molecular flexibility index (Phi) is 6.58. The third kappa shape index (κ3) is 4.68. The van der Waals surface area contributed by atoms with E-state index in [1.54, 1.807) is 0 Å². The van der Waals surface area contributed by atoms with Gasteiger partial charge < -0.3 is 10.4 Å². The Morgan fingerprint density at radius 3 is 2.50 bits per heavy atom. The van der Waals surface area contributed by atoms with Gasteiger partial charge in [0.25, 0.3) is 0 Å². The third-order valence-corrected chi connectivity index (χ3v) is 4.56. The van der Waals surface area contributed by atoms with Crippen LogP contribution in [0.2, 0.25) is 0 Å². The first-order valence-electron chi connectivity index (χ1n) is 8.92. The summed E-state index contributed by atoms with van der Waals surface area (Å²) in [5, 5.41) is 14.2. The zero-order chi connectivity index (χ0) is 17.7. The highest BCUT2D eigenvalue weighted by molar-refractivity contribution is 5.89. The summed E-state index contributed by atoms with van der Waals surface area (Å²) in [6, 6.07) is 10.7. The van der Waals surface area contributed by atoms with Crippen LogP contribution in [0.4, 0.5) is 0 Å². The van der Waals surface area contributed by atoms with Crippen molar-refractivity contribution in [3.8, 4) is 0 Å². The number of benzene rings is 1. The van der Waals surface area contributed by atoms with Crippen molar-refractivity contribution in [2.75, 3.05) is 13.6 Å². The molecule has 2 rings (SSSR count). The van der Waals surface area contributed by atoms with E-state index in [-0.39, 0.29) is 6.04 Å². The molecule has 1 aliphatic heterocycles. The highest BCUT2D eigenvalue weighted by Gasteiger charge is 2.38. The SMILES string of the molecule is CCC1CN1C(C)C(=NC)N/C(=C\C(C)C)C(O)c1ccccc1. The Hall–Kier alpha value is -1.65. The Bertz CT molecular complexity index is 580. The van der Waals surface area contributed by atoms with E-state index in [2.05, 4.69) is 49.0 Å². The van der Waals surface area contributed by atoms with Gasteiger partial charge in [0.2, 0.25) is 0 Å². The van der Waals surface area contributed by atoms with Gasteiger partial charge in [0.15, 0.2) is 0 Å². The Morgan fingerprint density at radius 1 is 1.33 bits per heavy atom. The van der Waals surface area contributed by atoms with Crippen LogP contribution in [0.25, 0.3) is 0 Å². The number of aliphatic hydroxyl groups excluding tert-OH is 1. The minimum Gasteiger partial charge on any atom is -0.382 e. The molecule has 0 spiro atoms. The van der Waals surface area contributed by atoms with Crippen LogP contribution in [0.5, 0.6) is 0 Å². The van der Waals surface area contributed by atoms with Gasteiger partial charge in [-0.05, 0) is 24.8 Å². The lowest BCUT2D eigenvalue weighted by Crippen LogP contribution is -2.39. The van der Waals surface area contributed by atoms with E-state index in [1.165, 1.54) is 6.42 Å². The number of aliphatic imine (C=N–C) groups is 1. The number of rotatable bonds is 7. The monoisotopic (exact) mass is 329 g/mol. The quantitative estimate of drug-likeness (QED) is 0.458. The molecule has 0 radical (unpaired) electrons. The van der Waals surface area contributed by atoms with Crippen LogP contribution < -0.4 is 5.32 Å². The molecule has 24 heavy (non-hydrogen) atoms. The number of nitrogens with zero attached hydrogens (tertiary/aromatic N) is 2. The fourth-order valence-corrected chi connectivity index (χ4v) is 3.06. The van der Waals surface area contributed by atoms with Crippen molar-refractivity contribution >= 4 is 5.84 Å². The first-order valence-corrected chi connectivity index (χ1v) is 8.92. The number of allylic oxidation sites excluding steroid dienone is 1. The van der Waals surface area contributed by atoms with Crippen molar-refractivity contribution in [3.05, 3.63) is 47.7 Å². The molecule has 1 aromatic carbocycles. The predicted octanol–water partition coefficient (Wildman–Crippen LogP) is 3.36. The van der Waals surface area contributed by atoms with E-state index in [1.807, 2.05) is 37.4 Å². The summed E-state index contributed by atoms with van der Waals surface area (Å²) in [6.45, 7) is 9.75. The first kappa shape index (κ1) is 18.7. The second-order valence-corrected chi connectivity index (χ2v) is 6.85. The van der Waals surface area contributed by atoms with Crippen molar-refractivity contribution in [2.45, 2.75) is 52.3 Å². The van der Waals surface area contributed by atoms with Gasteiger partial charge in [0.1, 0.15) is 11.9 Å². The summed E-state index contributed by atoms with van der Waals surface area (Å²) >= 11 is 0. The van der Waals surface area contributed by atoms with Gasteiger partial charge in [-0.3, -0.25) is 9.89 Å². The highest BCUT2D eigenvalue weighted by Crippen LogP contribution is 2.26. The Labute approximate surface area is 146 Å². The van der Waals surface area contributed by atoms with Crippen LogP contribution in [0.3, 0.4) is 0 Å². The molecular weight excluding hydrogens is 298 g/mol. The van der Waals surface area contributed by atoms with E-state index in [0.29, 0.717) is 12.0 Å². The number of amidine groups is 1. The largest absolute Gasteiger partial charge is 0.382 e. The Balaban J connectivity index is 2.16. The van der Waals surface area contributed by atoms with Crippen molar-refractivity contribution in [1.82, 2.24) is 10.2 Å². The summed E-state index contributed by atoms with van der Waals surface area (Å²) in [4.78, 5) is 6.88. The molecule has 0 saturated carbocycles. The van der Waals surface area contributed by atoms with Crippen LogP contribution in [0.15, 0.2) is 47.1 Å². The maximum Gasteiger partial charge on any atom is 0.118 e. The zero-order valence-electron chi connectivity index (χ0n) is 15.5. The molecule has 0 aliphatic carbocycles. The van der Waals surface area contributed by atoms with Crippen molar-refractivity contribution in [2.24, 2.45) is 10.9 Å². The molecule has 2 N–H and O–H groups in total. The van der Waals surface area contributed by atoms with Gasteiger partial charge in [-0.25, -0.2) is 0 Å². The fraction of sp³-hybridized carbons (Fsp3) is 0.550. The van der Waals surface area contributed by atoms with Crippen LogP contribution in [0.1, 0.15) is 45.8 Å². The molecule has 132 valence electrons. The molecule has 1 aromatic rings. The third-order valence-electron chi connectivity index (χ3n) is 4.56. The Morgan fingerprint density at radius 2 is 2.00 bits per heavy atom. The molecule has 1 aliphatic rings. The summed E-state index contributed by atoms with van der Waals surface area (Å²) in [6.07, 6.45) is 2.58. The number of hydrogen-bond donors (Lipinski definition) is 2. The van der Waals surface area contributed by atoms with E-state index in [4.69, 9.17) is 0 Å². The molecule has 4 heteroatoms. The lowest BCUT2D eigenvalue weighted by Gasteiger charge is -2.24. The van der Waals surface area contributed by atoms with Gasteiger partial charge in [0.05, 0.1) is 6.04 Å². The zero-order valence-corrected chi connectivity index (χ0v) is 15.5. The fourth-order valence-electron chi connectivity index (χ4n) is 3.06. The maximum atomic E-state index is 10.8. The second-order valence-electron chi connectivity index (χ2n) is 6.85. The minimum absolute atomic E-state index is 0.235. The van der Waals surface area contributed by atoms with Gasteiger partial charge in [-0.15, -0.1) is 0 Å². The maximum absolute atomic E-state index is 10.8. The average molecular weight is 329 g/mol. The van der Waals surface area contributed by atoms with Crippen molar-refractivity contribution in [3.63, 3.8) is 0 Å². The molecule has 4 nitrogen and oxygen atoms in total. The molecule has 0 bridgehead atoms. The normalized spacial score (nSPS) is 24.0. The van der Waals surface area contributed by atoms with E-state index in [9.17, 15) is 5.11 Å². The van der Waals surface area contributed by atoms with Crippen molar-refractivity contribution < 1.29 is 5.11 Å². The van der Waals surface area contributed by atoms with Gasteiger partial charge in [0, 0.05) is 25.3 Å². The molecule has 0 aromatic heterocycles. The van der Waals surface area contributed by atoms with E-state index >= 15 is 0 Å². The van der Waals surface area contributed by atoms with Gasteiger partial charge in [-0.2, -0.15) is 0 Å². The molecule has 1 saturated heterocycles. The van der Waals surface area contributed by atoms with E-state index in [0.717, 1.165) is 23.6 Å². The van der Waals surface area contributed by atoms with E-state index < -0.39 is 6.10 Å². The lowest BCUT2D eigenvalue weighted by atomic mass is 10.0. The summed E-state index contributed by atoms with van der Waals surface area (Å²) < 4.78 is 0. The average Bonchev–Trinajstić information content (AvgIpc) is 3.37.